The molecule has 0 saturated heterocycles. The first-order valence-electron chi connectivity index (χ1n) is 4.99. The van der Waals surface area contributed by atoms with Crippen LogP contribution in [0.4, 0.5) is 0 Å². The van der Waals surface area contributed by atoms with Gasteiger partial charge in [0.05, 0.1) is 21.1 Å². The van der Waals surface area contributed by atoms with Crippen LogP contribution < -0.4 is 0 Å². The van der Waals surface area contributed by atoms with E-state index in [0.717, 1.165) is 16.7 Å². The van der Waals surface area contributed by atoms with E-state index in [-0.39, 0.29) is 5.41 Å². The summed E-state index contributed by atoms with van der Waals surface area (Å²) in [5.41, 5.74) is 1.60. The summed E-state index contributed by atoms with van der Waals surface area (Å²) in [6.45, 7) is 6.27. The lowest BCUT2D eigenvalue weighted by atomic mass is 9.90. The lowest BCUT2D eigenvalue weighted by molar-refractivity contribution is 0.558. The van der Waals surface area contributed by atoms with Gasteiger partial charge in [-0.05, 0) is 0 Å². The number of pyridine rings is 1. The minimum absolute atomic E-state index is 0.0878. The van der Waals surface area contributed by atoms with E-state index in [1.54, 1.807) is 10.9 Å². The summed E-state index contributed by atoms with van der Waals surface area (Å²) in [5, 5.41) is 6.32. The van der Waals surface area contributed by atoms with E-state index in [0.29, 0.717) is 10.0 Å². The molecule has 2 aromatic heterocycles. The predicted molar refractivity (Wildman–Crippen MR) is 67.2 cm³/mol. The molecule has 0 saturated carbocycles. The van der Waals surface area contributed by atoms with Crippen LogP contribution in [-0.4, -0.2) is 14.8 Å². The van der Waals surface area contributed by atoms with Gasteiger partial charge in [0, 0.05) is 18.7 Å². The van der Waals surface area contributed by atoms with E-state index in [9.17, 15) is 0 Å². The van der Waals surface area contributed by atoms with Crippen LogP contribution in [0.3, 0.4) is 0 Å². The smallest absolute Gasteiger partial charge is 0.159 e. The van der Waals surface area contributed by atoms with E-state index in [2.05, 4.69) is 30.9 Å². The molecule has 5 heteroatoms. The molecule has 3 nitrogen and oxygen atoms in total. The first-order valence-corrected chi connectivity index (χ1v) is 5.75. The Hall–Kier alpha value is -0.800. The SMILES string of the molecule is Cn1nc(C(C)(C)C)c2c(Cl)c(Cl)cnc21. The van der Waals surface area contributed by atoms with Crippen LogP contribution in [0.5, 0.6) is 0 Å². The Morgan fingerprint density at radius 2 is 1.88 bits per heavy atom. The zero-order valence-corrected chi connectivity index (χ0v) is 11.2. The van der Waals surface area contributed by atoms with Gasteiger partial charge in [0.25, 0.3) is 0 Å². The van der Waals surface area contributed by atoms with Gasteiger partial charge in [-0.3, -0.25) is 4.68 Å². The molecule has 0 aromatic carbocycles. The maximum absolute atomic E-state index is 6.23. The lowest BCUT2D eigenvalue weighted by Crippen LogP contribution is -2.12. The first kappa shape index (κ1) is 11.7. The molecule has 0 aliphatic carbocycles. The molecule has 0 N–H and O–H groups in total. The number of aryl methyl sites for hydroxylation is 1. The molecule has 0 amide bonds. The average Bonchev–Trinajstić information content (AvgIpc) is 2.50. The highest BCUT2D eigenvalue weighted by atomic mass is 35.5. The Morgan fingerprint density at radius 1 is 1.25 bits per heavy atom. The first-order chi connectivity index (χ1) is 7.32. The van der Waals surface area contributed by atoms with Gasteiger partial charge in [0.15, 0.2) is 5.65 Å². The van der Waals surface area contributed by atoms with Crippen molar-refractivity contribution in [1.29, 1.82) is 0 Å². The van der Waals surface area contributed by atoms with Crippen LogP contribution in [0, 0.1) is 0 Å². The summed E-state index contributed by atoms with van der Waals surface area (Å²) in [5.74, 6) is 0. The number of hydrogen-bond donors (Lipinski definition) is 0. The Balaban J connectivity index is 2.92. The standard InChI is InChI=1S/C11H13Cl2N3/c1-11(2,3)9-7-8(13)6(12)5-14-10(7)16(4)15-9/h5H,1-4H3. The molecule has 2 aromatic rings. The van der Waals surface area contributed by atoms with Crippen LogP contribution in [0.1, 0.15) is 26.5 Å². The van der Waals surface area contributed by atoms with Gasteiger partial charge in [-0.25, -0.2) is 4.98 Å². The molecule has 0 atom stereocenters. The summed E-state index contributed by atoms with van der Waals surface area (Å²) in [7, 11) is 1.86. The third-order valence-corrected chi connectivity index (χ3v) is 3.23. The number of nitrogens with zero attached hydrogens (tertiary/aromatic N) is 3. The van der Waals surface area contributed by atoms with Crippen molar-refractivity contribution in [3.63, 3.8) is 0 Å². The van der Waals surface area contributed by atoms with Gasteiger partial charge in [0.2, 0.25) is 0 Å². The van der Waals surface area contributed by atoms with Crippen LogP contribution in [0.15, 0.2) is 6.20 Å². The number of halogens is 2. The van der Waals surface area contributed by atoms with E-state index < -0.39 is 0 Å². The third kappa shape index (κ3) is 1.68. The molecule has 0 unspecified atom stereocenters. The molecule has 2 heterocycles. The third-order valence-electron chi connectivity index (χ3n) is 2.46. The normalized spacial score (nSPS) is 12.4. The topological polar surface area (TPSA) is 30.7 Å². The molecule has 0 bridgehead atoms. The van der Waals surface area contributed by atoms with Gasteiger partial charge >= 0.3 is 0 Å². The Morgan fingerprint density at radius 3 is 2.44 bits per heavy atom. The Kier molecular flexibility index (Phi) is 2.63. The van der Waals surface area contributed by atoms with Crippen LogP contribution in [0.2, 0.25) is 10.0 Å². The largest absolute Gasteiger partial charge is 0.250 e. The van der Waals surface area contributed by atoms with E-state index >= 15 is 0 Å². The van der Waals surface area contributed by atoms with Crippen molar-refractivity contribution in [2.75, 3.05) is 0 Å². The highest BCUT2D eigenvalue weighted by Gasteiger charge is 2.24. The molecule has 0 aliphatic heterocycles. The number of rotatable bonds is 0. The molecule has 16 heavy (non-hydrogen) atoms. The van der Waals surface area contributed by atoms with Gasteiger partial charge in [-0.2, -0.15) is 5.10 Å². The number of aromatic nitrogens is 3. The monoisotopic (exact) mass is 257 g/mol. The second-order valence-electron chi connectivity index (χ2n) is 4.84. The second kappa shape index (κ2) is 3.60. The quantitative estimate of drug-likeness (QED) is 0.723. The summed E-state index contributed by atoms with van der Waals surface area (Å²) in [4.78, 5) is 4.26. The highest BCUT2D eigenvalue weighted by Crippen LogP contribution is 2.36. The van der Waals surface area contributed by atoms with E-state index in [4.69, 9.17) is 23.2 Å². The fraction of sp³-hybridized carbons (Fsp3) is 0.455. The molecule has 0 fully saturated rings. The Labute approximate surface area is 104 Å². The van der Waals surface area contributed by atoms with Crippen molar-refractivity contribution in [3.8, 4) is 0 Å². The molecule has 0 radical (unpaired) electrons. The van der Waals surface area contributed by atoms with Gasteiger partial charge in [-0.1, -0.05) is 44.0 Å². The predicted octanol–water partition coefficient (Wildman–Crippen LogP) is 3.57. The maximum atomic E-state index is 6.23. The molecule has 0 aliphatic rings. The van der Waals surface area contributed by atoms with Crippen molar-refractivity contribution in [3.05, 3.63) is 21.9 Å². The average molecular weight is 258 g/mol. The van der Waals surface area contributed by atoms with Crippen molar-refractivity contribution in [2.24, 2.45) is 7.05 Å². The van der Waals surface area contributed by atoms with Crippen LogP contribution >= 0.6 is 23.2 Å². The summed E-state index contributed by atoms with van der Waals surface area (Å²) >= 11 is 12.2. The fourth-order valence-corrected chi connectivity index (χ4v) is 2.05. The molecular formula is C11H13Cl2N3. The number of fused-ring (bicyclic) bond motifs is 1. The van der Waals surface area contributed by atoms with Crippen molar-refractivity contribution < 1.29 is 0 Å². The van der Waals surface area contributed by atoms with Gasteiger partial charge in [-0.15, -0.1) is 0 Å². The minimum Gasteiger partial charge on any atom is -0.250 e. The zero-order valence-electron chi connectivity index (χ0n) is 9.67. The van der Waals surface area contributed by atoms with Crippen LogP contribution in [-0.2, 0) is 12.5 Å². The maximum Gasteiger partial charge on any atom is 0.159 e. The van der Waals surface area contributed by atoms with E-state index in [1.807, 2.05) is 7.05 Å². The Bertz CT molecular complexity index is 552. The van der Waals surface area contributed by atoms with Crippen LogP contribution in [0.25, 0.3) is 11.0 Å². The fourth-order valence-electron chi connectivity index (χ4n) is 1.68. The summed E-state index contributed by atoms with van der Waals surface area (Å²) < 4.78 is 1.73. The van der Waals surface area contributed by atoms with Crippen molar-refractivity contribution in [2.45, 2.75) is 26.2 Å². The van der Waals surface area contributed by atoms with E-state index in [1.165, 1.54) is 0 Å². The second-order valence-corrected chi connectivity index (χ2v) is 5.63. The van der Waals surface area contributed by atoms with Gasteiger partial charge < -0.3 is 0 Å². The molecular weight excluding hydrogens is 245 g/mol. The minimum atomic E-state index is -0.0878. The lowest BCUT2D eigenvalue weighted by Gasteiger charge is -2.15. The van der Waals surface area contributed by atoms with Gasteiger partial charge in [0.1, 0.15) is 0 Å². The molecule has 86 valence electrons. The highest BCUT2D eigenvalue weighted by molar-refractivity contribution is 6.45. The summed E-state index contributed by atoms with van der Waals surface area (Å²) in [6, 6.07) is 0. The van der Waals surface area contributed by atoms with Crippen molar-refractivity contribution >= 4 is 34.2 Å². The number of hydrogen-bond acceptors (Lipinski definition) is 2. The zero-order chi connectivity index (χ0) is 12.1. The summed E-state index contributed by atoms with van der Waals surface area (Å²) in [6.07, 6.45) is 1.56. The molecule has 2 rings (SSSR count). The van der Waals surface area contributed by atoms with Crippen molar-refractivity contribution in [1.82, 2.24) is 14.8 Å². The molecule has 0 spiro atoms.